The van der Waals surface area contributed by atoms with Gasteiger partial charge in [0, 0.05) is 46.7 Å². The van der Waals surface area contributed by atoms with Crippen molar-refractivity contribution in [2.45, 2.75) is 39.7 Å². The van der Waals surface area contributed by atoms with Crippen LogP contribution in [-0.2, 0) is 18.3 Å². The van der Waals surface area contributed by atoms with Crippen molar-refractivity contribution in [2.24, 2.45) is 7.05 Å². The molecule has 3 aromatic carbocycles. The smallest absolute Gasteiger partial charge is 0.307 e. The summed E-state index contributed by atoms with van der Waals surface area (Å²) < 4.78 is 9.22. The molecule has 3 heterocycles. The maximum Gasteiger partial charge on any atom is 0.307 e. The second kappa shape index (κ2) is 10.5. The molecule has 0 fully saturated rings. The zero-order chi connectivity index (χ0) is 29.8. The summed E-state index contributed by atoms with van der Waals surface area (Å²) in [7, 11) is 1.98. The molecule has 6 aromatic rings. The van der Waals surface area contributed by atoms with Crippen molar-refractivity contribution in [3.63, 3.8) is 0 Å². The van der Waals surface area contributed by atoms with Crippen LogP contribution in [0.15, 0.2) is 67.3 Å². The van der Waals surface area contributed by atoms with E-state index in [4.69, 9.17) is 21.3 Å². The second-order valence-electron chi connectivity index (χ2n) is 11.4. The van der Waals surface area contributed by atoms with Gasteiger partial charge in [-0.1, -0.05) is 17.7 Å². The fraction of sp³-hybridized carbons (Fsp3) is 0.212. The molecule has 0 saturated carbocycles. The second-order valence-corrected chi connectivity index (χ2v) is 12.8. The number of nitrogens with zero attached hydrogens (tertiary/aromatic N) is 4. The third kappa shape index (κ3) is 5.35. The number of carboxylic acid groups (broad SMARTS) is 1. The highest BCUT2D eigenvalue weighted by Crippen LogP contribution is 2.45. The van der Waals surface area contributed by atoms with Crippen LogP contribution in [-0.4, -0.2) is 36.2 Å². The lowest BCUT2D eigenvalue weighted by Gasteiger charge is -2.24. The van der Waals surface area contributed by atoms with E-state index >= 15 is 0 Å². The van der Waals surface area contributed by atoms with E-state index in [-0.39, 0.29) is 6.42 Å². The standard InChI is InChI=1S/C33H29ClN4O3S/c1-18-10-26-31(30(24(18)14-29(39)40)23-8-7-22(34)13-28(23)41-33(2,3)4)42-32(37-26)21-11-20(15-35-16-21)19-6-9-27-25(12-19)36-17-38(27)5/h6-13,15-17H,14H2,1-5H3,(H,39,40). The van der Waals surface area contributed by atoms with Crippen molar-refractivity contribution >= 4 is 50.2 Å². The third-order valence-corrected chi connectivity index (χ3v) is 8.39. The molecule has 212 valence electrons. The van der Waals surface area contributed by atoms with E-state index in [9.17, 15) is 9.90 Å². The monoisotopic (exact) mass is 596 g/mol. The molecule has 9 heteroatoms. The Morgan fingerprint density at radius 2 is 1.81 bits per heavy atom. The molecule has 0 bridgehead atoms. The molecule has 6 rings (SSSR count). The van der Waals surface area contributed by atoms with Gasteiger partial charge in [-0.15, -0.1) is 11.3 Å². The van der Waals surface area contributed by atoms with Gasteiger partial charge in [-0.3, -0.25) is 9.78 Å². The largest absolute Gasteiger partial charge is 0.487 e. The van der Waals surface area contributed by atoms with Crippen molar-refractivity contribution in [3.05, 3.63) is 83.4 Å². The molecular weight excluding hydrogens is 568 g/mol. The Hall–Kier alpha value is -4.27. The van der Waals surface area contributed by atoms with E-state index < -0.39 is 11.6 Å². The minimum atomic E-state index is -0.905. The van der Waals surface area contributed by atoms with Crippen molar-refractivity contribution in [1.82, 2.24) is 19.5 Å². The van der Waals surface area contributed by atoms with E-state index in [1.807, 2.05) is 63.8 Å². The Morgan fingerprint density at radius 3 is 2.57 bits per heavy atom. The Balaban J connectivity index is 1.53. The molecule has 0 spiro atoms. The number of hydrogen-bond donors (Lipinski definition) is 1. The first kappa shape index (κ1) is 27.9. The maximum atomic E-state index is 12.0. The molecule has 0 aliphatic rings. The number of benzene rings is 3. The normalized spacial score (nSPS) is 11.9. The van der Waals surface area contributed by atoms with Crippen molar-refractivity contribution in [1.29, 1.82) is 0 Å². The molecule has 0 saturated heterocycles. The Bertz CT molecular complexity index is 2000. The van der Waals surface area contributed by atoms with E-state index in [0.717, 1.165) is 65.2 Å². The number of imidazole rings is 1. The van der Waals surface area contributed by atoms with Gasteiger partial charge in [-0.25, -0.2) is 9.97 Å². The van der Waals surface area contributed by atoms with E-state index in [1.54, 1.807) is 18.5 Å². The predicted octanol–water partition coefficient (Wildman–Crippen LogP) is 8.35. The lowest BCUT2D eigenvalue weighted by Crippen LogP contribution is -2.23. The molecular formula is C33H29ClN4O3S. The van der Waals surface area contributed by atoms with Crippen molar-refractivity contribution < 1.29 is 14.6 Å². The number of pyridine rings is 1. The molecule has 0 aliphatic carbocycles. The first-order valence-corrected chi connectivity index (χ1v) is 14.7. The predicted molar refractivity (Wildman–Crippen MR) is 169 cm³/mol. The van der Waals surface area contributed by atoms with Crippen LogP contribution in [0.5, 0.6) is 5.75 Å². The van der Waals surface area contributed by atoms with Crippen LogP contribution in [0.25, 0.3) is 54.1 Å². The number of thiazole rings is 1. The topological polar surface area (TPSA) is 90.1 Å². The highest BCUT2D eigenvalue weighted by atomic mass is 35.5. The number of rotatable bonds is 6. The summed E-state index contributed by atoms with van der Waals surface area (Å²) in [5.41, 5.74) is 8.29. The lowest BCUT2D eigenvalue weighted by atomic mass is 9.92. The van der Waals surface area contributed by atoms with E-state index in [1.165, 1.54) is 11.3 Å². The first-order chi connectivity index (χ1) is 20.0. The van der Waals surface area contributed by atoms with Crippen LogP contribution < -0.4 is 4.74 Å². The van der Waals surface area contributed by atoms with Gasteiger partial charge in [-0.2, -0.15) is 0 Å². The maximum absolute atomic E-state index is 12.0. The number of hydrogen-bond acceptors (Lipinski definition) is 6. The van der Waals surface area contributed by atoms with E-state index in [2.05, 4.69) is 34.2 Å². The zero-order valence-electron chi connectivity index (χ0n) is 23.9. The minimum absolute atomic E-state index is 0.130. The highest BCUT2D eigenvalue weighted by molar-refractivity contribution is 7.22. The van der Waals surface area contributed by atoms with Gasteiger partial charge < -0.3 is 14.4 Å². The molecule has 0 radical (unpaired) electrons. The van der Waals surface area contributed by atoms with Gasteiger partial charge >= 0.3 is 5.97 Å². The summed E-state index contributed by atoms with van der Waals surface area (Å²) in [6, 6.07) is 15.7. The SMILES string of the molecule is Cc1cc2nc(-c3cncc(-c4ccc5c(c4)ncn5C)c3)sc2c(-c2ccc(Cl)cc2OC(C)(C)C)c1CC(=O)O. The summed E-state index contributed by atoms with van der Waals surface area (Å²) in [6.07, 6.45) is 5.32. The summed E-state index contributed by atoms with van der Waals surface area (Å²) in [5.74, 6) is -0.311. The van der Waals surface area contributed by atoms with Gasteiger partial charge in [0.25, 0.3) is 0 Å². The number of aromatic nitrogens is 4. The quantitative estimate of drug-likeness (QED) is 0.208. The Labute approximate surface area is 252 Å². The van der Waals surface area contributed by atoms with Crippen molar-refractivity contribution in [3.8, 4) is 38.6 Å². The van der Waals surface area contributed by atoms with Gasteiger partial charge in [0.15, 0.2) is 0 Å². The third-order valence-electron chi connectivity index (χ3n) is 7.01. The minimum Gasteiger partial charge on any atom is -0.487 e. The number of ether oxygens (including phenoxy) is 1. The summed E-state index contributed by atoms with van der Waals surface area (Å²) in [6.45, 7) is 7.84. The van der Waals surface area contributed by atoms with Crippen LogP contribution in [0.4, 0.5) is 0 Å². The molecule has 0 aliphatic heterocycles. The Kier molecular flexibility index (Phi) is 6.99. The number of halogens is 1. The van der Waals surface area contributed by atoms with Crippen LogP contribution in [0.2, 0.25) is 5.02 Å². The van der Waals surface area contributed by atoms with Crippen molar-refractivity contribution in [2.75, 3.05) is 0 Å². The van der Waals surface area contributed by atoms with Crippen LogP contribution >= 0.6 is 22.9 Å². The number of carbonyl (C=O) groups is 1. The zero-order valence-corrected chi connectivity index (χ0v) is 25.5. The number of fused-ring (bicyclic) bond motifs is 2. The lowest BCUT2D eigenvalue weighted by molar-refractivity contribution is -0.136. The summed E-state index contributed by atoms with van der Waals surface area (Å²) >= 11 is 7.91. The molecule has 7 nitrogen and oxygen atoms in total. The van der Waals surface area contributed by atoms with Crippen LogP contribution in [0, 0.1) is 6.92 Å². The average molecular weight is 597 g/mol. The van der Waals surface area contributed by atoms with E-state index in [0.29, 0.717) is 10.8 Å². The molecule has 1 N–H and O–H groups in total. The fourth-order valence-electron chi connectivity index (χ4n) is 5.17. The van der Waals surface area contributed by atoms with Gasteiger partial charge in [0.1, 0.15) is 16.4 Å². The molecule has 0 atom stereocenters. The molecule has 42 heavy (non-hydrogen) atoms. The Morgan fingerprint density at radius 1 is 1.02 bits per heavy atom. The number of aliphatic carboxylic acids is 1. The average Bonchev–Trinajstić information content (AvgIpc) is 3.52. The molecule has 0 unspecified atom stereocenters. The molecule has 0 amide bonds. The van der Waals surface area contributed by atoms with Crippen LogP contribution in [0.3, 0.4) is 0 Å². The molecule has 3 aromatic heterocycles. The number of aryl methyl sites for hydroxylation is 2. The first-order valence-electron chi connectivity index (χ1n) is 13.5. The van der Waals surface area contributed by atoms with Gasteiger partial charge in [0.2, 0.25) is 0 Å². The highest BCUT2D eigenvalue weighted by Gasteiger charge is 2.24. The van der Waals surface area contributed by atoms with Crippen LogP contribution in [0.1, 0.15) is 31.9 Å². The fourth-order valence-corrected chi connectivity index (χ4v) is 6.44. The number of carboxylic acids is 1. The summed E-state index contributed by atoms with van der Waals surface area (Å²) in [4.78, 5) is 26.1. The van der Waals surface area contributed by atoms with Gasteiger partial charge in [-0.05, 0) is 86.8 Å². The summed E-state index contributed by atoms with van der Waals surface area (Å²) in [5, 5.41) is 11.2. The van der Waals surface area contributed by atoms with Gasteiger partial charge in [0.05, 0.1) is 34.0 Å².